The SMILES string of the molecule is CCOc1ccc(-n2cccc(Nc3cc(N)n4ncc(C(N)=O)c4n3)c2=O)nn1. The Bertz CT molecular complexity index is 1290. The lowest BCUT2D eigenvalue weighted by atomic mass is 10.3. The molecule has 12 nitrogen and oxygen atoms in total. The smallest absolute Gasteiger partial charge is 0.280 e. The molecule has 4 aromatic rings. The zero-order chi connectivity index (χ0) is 21.3. The van der Waals surface area contributed by atoms with Gasteiger partial charge in [0.05, 0.1) is 12.8 Å². The maximum absolute atomic E-state index is 12.9. The molecule has 0 spiro atoms. The molecule has 0 fully saturated rings. The summed E-state index contributed by atoms with van der Waals surface area (Å²) in [5.41, 5.74) is 11.4. The molecule has 0 radical (unpaired) electrons. The van der Waals surface area contributed by atoms with Gasteiger partial charge in [0.15, 0.2) is 11.5 Å². The number of primary amides is 1. The average molecular weight is 407 g/mol. The van der Waals surface area contributed by atoms with Gasteiger partial charge >= 0.3 is 0 Å². The van der Waals surface area contributed by atoms with Crippen LogP contribution in [-0.2, 0) is 0 Å². The van der Waals surface area contributed by atoms with Gasteiger partial charge in [-0.15, -0.1) is 10.2 Å². The number of aromatic nitrogens is 6. The molecule has 0 atom stereocenters. The largest absolute Gasteiger partial charge is 0.477 e. The van der Waals surface area contributed by atoms with E-state index in [9.17, 15) is 9.59 Å². The van der Waals surface area contributed by atoms with Crippen LogP contribution in [0.3, 0.4) is 0 Å². The van der Waals surface area contributed by atoms with Crippen molar-refractivity contribution in [3.8, 4) is 11.7 Å². The van der Waals surface area contributed by atoms with E-state index in [1.54, 1.807) is 30.5 Å². The van der Waals surface area contributed by atoms with Crippen molar-refractivity contribution in [2.24, 2.45) is 5.73 Å². The number of carbonyl (C=O) groups is 1. The number of hydrogen-bond acceptors (Lipinski definition) is 9. The van der Waals surface area contributed by atoms with Gasteiger partial charge in [0.2, 0.25) is 5.88 Å². The number of rotatable bonds is 6. The maximum Gasteiger partial charge on any atom is 0.280 e. The highest BCUT2D eigenvalue weighted by Gasteiger charge is 2.15. The molecular weight excluding hydrogens is 390 g/mol. The third-order valence-electron chi connectivity index (χ3n) is 4.14. The van der Waals surface area contributed by atoms with Gasteiger partial charge in [-0.25, -0.2) is 4.98 Å². The number of nitrogens with zero attached hydrogens (tertiary/aromatic N) is 6. The number of nitrogens with one attached hydrogen (secondary N) is 1. The standard InChI is InChI=1S/C18H17N9O3/c1-2-30-15-6-5-14(24-25-15)26-7-3-4-11(18(26)29)22-13-8-12(19)27-17(23-13)10(9-21-27)16(20)28/h3-9H,2,19H2,1H3,(H2,20,28)(H,22,23). The van der Waals surface area contributed by atoms with Crippen molar-refractivity contribution in [3.63, 3.8) is 0 Å². The molecule has 0 aliphatic heterocycles. The quantitative estimate of drug-likeness (QED) is 0.412. The van der Waals surface area contributed by atoms with Crippen molar-refractivity contribution < 1.29 is 9.53 Å². The zero-order valence-corrected chi connectivity index (χ0v) is 15.8. The molecule has 4 aromatic heterocycles. The summed E-state index contributed by atoms with van der Waals surface area (Å²) in [6.45, 7) is 2.30. The molecule has 0 aliphatic rings. The Kier molecular flexibility index (Phi) is 4.72. The highest BCUT2D eigenvalue weighted by atomic mass is 16.5. The van der Waals surface area contributed by atoms with Crippen LogP contribution in [0.15, 0.2) is 47.5 Å². The lowest BCUT2D eigenvalue weighted by Crippen LogP contribution is -2.21. The highest BCUT2D eigenvalue weighted by Crippen LogP contribution is 2.19. The number of fused-ring (bicyclic) bond motifs is 1. The first kappa shape index (κ1) is 18.9. The van der Waals surface area contributed by atoms with E-state index < -0.39 is 5.91 Å². The van der Waals surface area contributed by atoms with Crippen LogP contribution < -0.4 is 27.1 Å². The van der Waals surface area contributed by atoms with Gasteiger partial charge in [-0.3, -0.25) is 14.2 Å². The van der Waals surface area contributed by atoms with Gasteiger partial charge in [0.1, 0.15) is 22.9 Å². The summed E-state index contributed by atoms with van der Waals surface area (Å²) in [6.07, 6.45) is 2.84. The van der Waals surface area contributed by atoms with Crippen LogP contribution in [0.25, 0.3) is 11.5 Å². The Labute approximate surface area is 169 Å². The highest BCUT2D eigenvalue weighted by molar-refractivity contribution is 5.98. The summed E-state index contributed by atoms with van der Waals surface area (Å²) in [7, 11) is 0. The molecule has 4 heterocycles. The van der Waals surface area contributed by atoms with E-state index in [2.05, 4.69) is 25.6 Å². The summed E-state index contributed by atoms with van der Waals surface area (Å²) in [6, 6.07) is 7.97. The summed E-state index contributed by atoms with van der Waals surface area (Å²) >= 11 is 0. The van der Waals surface area contributed by atoms with Crippen molar-refractivity contribution >= 4 is 28.9 Å². The molecular formula is C18H17N9O3. The molecule has 0 saturated heterocycles. The van der Waals surface area contributed by atoms with Crippen molar-refractivity contribution in [1.29, 1.82) is 0 Å². The molecule has 0 saturated carbocycles. The van der Waals surface area contributed by atoms with Gasteiger partial charge in [-0.1, -0.05) is 0 Å². The van der Waals surface area contributed by atoms with Gasteiger partial charge in [-0.2, -0.15) is 9.61 Å². The minimum atomic E-state index is -0.690. The van der Waals surface area contributed by atoms with Gasteiger partial charge in [-0.05, 0) is 25.1 Å². The minimum absolute atomic E-state index is 0.112. The summed E-state index contributed by atoms with van der Waals surface area (Å²) < 4.78 is 7.86. The lowest BCUT2D eigenvalue weighted by molar-refractivity contribution is 0.100. The molecule has 30 heavy (non-hydrogen) atoms. The van der Waals surface area contributed by atoms with Crippen molar-refractivity contribution in [3.05, 3.63) is 58.6 Å². The molecule has 0 aromatic carbocycles. The first-order valence-corrected chi connectivity index (χ1v) is 8.87. The summed E-state index contributed by atoms with van der Waals surface area (Å²) in [5.74, 6) is 0.453. The molecule has 0 aliphatic carbocycles. The van der Waals surface area contributed by atoms with Crippen LogP contribution in [0.1, 0.15) is 17.3 Å². The number of hydrogen-bond donors (Lipinski definition) is 3. The van der Waals surface area contributed by atoms with E-state index in [1.165, 1.54) is 21.3 Å². The fourth-order valence-electron chi connectivity index (χ4n) is 2.80. The molecule has 0 bridgehead atoms. The Morgan fingerprint density at radius 2 is 2.10 bits per heavy atom. The zero-order valence-electron chi connectivity index (χ0n) is 15.8. The van der Waals surface area contributed by atoms with Crippen molar-refractivity contribution in [1.82, 2.24) is 29.4 Å². The number of ether oxygens (including phenoxy) is 1. The Morgan fingerprint density at radius 3 is 2.80 bits per heavy atom. The maximum atomic E-state index is 12.9. The van der Waals surface area contributed by atoms with Crippen LogP contribution in [0.5, 0.6) is 5.88 Å². The predicted octanol–water partition coefficient (Wildman–Crippen LogP) is 0.494. The van der Waals surface area contributed by atoms with Crippen molar-refractivity contribution in [2.45, 2.75) is 6.92 Å². The molecule has 1 amide bonds. The Balaban J connectivity index is 1.71. The lowest BCUT2D eigenvalue weighted by Gasteiger charge is -2.10. The van der Waals surface area contributed by atoms with Crippen LogP contribution >= 0.6 is 0 Å². The second kappa shape index (κ2) is 7.50. The molecule has 12 heteroatoms. The van der Waals surface area contributed by atoms with Crippen LogP contribution in [0.2, 0.25) is 0 Å². The summed E-state index contributed by atoms with van der Waals surface area (Å²) in [5, 5.41) is 14.8. The predicted molar refractivity (Wildman–Crippen MR) is 108 cm³/mol. The molecule has 4 rings (SSSR count). The second-order valence-electron chi connectivity index (χ2n) is 6.11. The normalized spacial score (nSPS) is 10.8. The number of carbonyl (C=O) groups excluding carboxylic acids is 1. The number of pyridine rings is 1. The van der Waals surface area contributed by atoms with E-state index in [1.807, 2.05) is 6.92 Å². The molecule has 5 N–H and O–H groups in total. The van der Waals surface area contributed by atoms with Crippen LogP contribution in [0, 0.1) is 0 Å². The van der Waals surface area contributed by atoms with E-state index in [0.29, 0.717) is 18.3 Å². The fourth-order valence-corrected chi connectivity index (χ4v) is 2.80. The average Bonchev–Trinajstić information content (AvgIpc) is 3.15. The monoisotopic (exact) mass is 407 g/mol. The first-order chi connectivity index (χ1) is 14.5. The van der Waals surface area contributed by atoms with Crippen molar-refractivity contribution in [2.75, 3.05) is 17.7 Å². The van der Waals surface area contributed by atoms with E-state index in [-0.39, 0.29) is 34.1 Å². The molecule has 152 valence electrons. The van der Waals surface area contributed by atoms with E-state index in [4.69, 9.17) is 16.2 Å². The second-order valence-corrected chi connectivity index (χ2v) is 6.11. The van der Waals surface area contributed by atoms with Gasteiger partial charge < -0.3 is 21.5 Å². The third kappa shape index (κ3) is 3.37. The number of nitrogen functional groups attached to an aromatic ring is 1. The first-order valence-electron chi connectivity index (χ1n) is 8.87. The van der Waals surface area contributed by atoms with Gasteiger partial charge in [0.25, 0.3) is 11.5 Å². The van der Waals surface area contributed by atoms with E-state index >= 15 is 0 Å². The van der Waals surface area contributed by atoms with Gasteiger partial charge in [0, 0.05) is 18.3 Å². The Morgan fingerprint density at radius 1 is 1.27 bits per heavy atom. The van der Waals surface area contributed by atoms with Crippen LogP contribution in [0.4, 0.5) is 17.3 Å². The van der Waals surface area contributed by atoms with E-state index in [0.717, 1.165) is 0 Å². The number of nitrogens with two attached hydrogens (primary N) is 2. The third-order valence-corrected chi connectivity index (χ3v) is 4.14. The Hall–Kier alpha value is -4.48. The summed E-state index contributed by atoms with van der Waals surface area (Å²) in [4.78, 5) is 28.8. The fraction of sp³-hybridized carbons (Fsp3) is 0.111. The van der Waals surface area contributed by atoms with Crippen LogP contribution in [-0.4, -0.2) is 41.9 Å². The molecule has 0 unspecified atom stereocenters. The number of amides is 1. The topological polar surface area (TPSA) is 168 Å². The minimum Gasteiger partial charge on any atom is -0.477 e. The number of anilines is 3.